The number of aromatic nitrogens is 1. The molecular weight excluding hydrogens is 370 g/mol. The van der Waals surface area contributed by atoms with Crippen molar-refractivity contribution >= 4 is 29.2 Å². The number of halogens is 1. The number of hydrogen-bond acceptors (Lipinski definition) is 5. The molecule has 142 valence electrons. The van der Waals surface area contributed by atoms with Gasteiger partial charge >= 0.3 is 5.97 Å². The number of aliphatic hydroxyl groups is 1. The summed E-state index contributed by atoms with van der Waals surface area (Å²) in [6.07, 6.45) is 1.08. The number of rotatable bonds is 5. The van der Waals surface area contributed by atoms with Crippen LogP contribution in [0.25, 0.3) is 0 Å². The average Bonchev–Trinajstić information content (AvgIpc) is 2.67. The second-order valence-electron chi connectivity index (χ2n) is 6.42. The SMILES string of the molecule is O=C(O)c1cc(N2CC[C@@H](O)[C@@H](C(=O)NCc3ccccc3Cl)C2)ccn1. The van der Waals surface area contributed by atoms with Crippen molar-refractivity contribution in [3.8, 4) is 0 Å². The monoisotopic (exact) mass is 389 g/mol. The number of pyridine rings is 1. The van der Waals surface area contributed by atoms with E-state index in [1.165, 1.54) is 12.3 Å². The Morgan fingerprint density at radius 2 is 2.07 bits per heavy atom. The molecule has 1 aliphatic heterocycles. The molecule has 27 heavy (non-hydrogen) atoms. The van der Waals surface area contributed by atoms with Crippen LogP contribution < -0.4 is 10.2 Å². The topological polar surface area (TPSA) is 103 Å². The zero-order valence-corrected chi connectivity index (χ0v) is 15.3. The van der Waals surface area contributed by atoms with Crippen molar-refractivity contribution in [2.24, 2.45) is 5.92 Å². The van der Waals surface area contributed by atoms with Gasteiger partial charge in [-0.05, 0) is 30.2 Å². The molecule has 0 unspecified atom stereocenters. The van der Waals surface area contributed by atoms with Crippen molar-refractivity contribution in [3.63, 3.8) is 0 Å². The van der Waals surface area contributed by atoms with Crippen LogP contribution in [0.5, 0.6) is 0 Å². The minimum Gasteiger partial charge on any atom is -0.477 e. The highest BCUT2D eigenvalue weighted by Crippen LogP contribution is 2.24. The molecule has 0 saturated carbocycles. The summed E-state index contributed by atoms with van der Waals surface area (Å²) in [4.78, 5) is 29.4. The first kappa shape index (κ1) is 19.1. The number of carbonyl (C=O) groups excluding carboxylic acids is 1. The highest BCUT2D eigenvalue weighted by molar-refractivity contribution is 6.31. The minimum atomic E-state index is -1.11. The molecule has 3 rings (SSSR count). The van der Waals surface area contributed by atoms with Gasteiger partial charge in [-0.15, -0.1) is 0 Å². The quantitative estimate of drug-likeness (QED) is 0.722. The van der Waals surface area contributed by atoms with Gasteiger partial charge in [-0.2, -0.15) is 0 Å². The summed E-state index contributed by atoms with van der Waals surface area (Å²) < 4.78 is 0. The van der Waals surface area contributed by atoms with Gasteiger partial charge in [0.15, 0.2) is 0 Å². The smallest absolute Gasteiger partial charge is 0.354 e. The van der Waals surface area contributed by atoms with Gasteiger partial charge in [0.05, 0.1) is 12.0 Å². The standard InChI is InChI=1S/C19H20ClN3O4/c20-15-4-2-1-3-12(15)10-22-18(25)14-11-23(8-6-17(14)24)13-5-7-21-16(9-13)19(26)27/h1-5,7,9,14,17,24H,6,8,10-11H2,(H,22,25)(H,26,27)/t14-,17+/m0/s1. The number of carboxylic acids is 1. The number of carboxylic acid groups (broad SMARTS) is 1. The van der Waals surface area contributed by atoms with E-state index in [0.29, 0.717) is 30.2 Å². The van der Waals surface area contributed by atoms with E-state index in [1.807, 2.05) is 23.1 Å². The highest BCUT2D eigenvalue weighted by atomic mass is 35.5. The molecule has 2 heterocycles. The van der Waals surface area contributed by atoms with E-state index in [9.17, 15) is 14.7 Å². The van der Waals surface area contributed by atoms with Crippen LogP contribution in [-0.2, 0) is 11.3 Å². The molecule has 3 N–H and O–H groups in total. The molecule has 1 aliphatic rings. The van der Waals surface area contributed by atoms with Gasteiger partial charge in [0.2, 0.25) is 5.91 Å². The summed E-state index contributed by atoms with van der Waals surface area (Å²) in [5, 5.41) is 22.8. The third kappa shape index (κ3) is 4.56. The molecule has 2 aromatic rings. The molecule has 1 aromatic carbocycles. The number of anilines is 1. The van der Waals surface area contributed by atoms with Gasteiger partial charge in [-0.1, -0.05) is 29.8 Å². The maximum absolute atomic E-state index is 12.6. The number of aliphatic hydroxyl groups excluding tert-OH is 1. The van der Waals surface area contributed by atoms with Crippen molar-refractivity contribution in [1.29, 1.82) is 0 Å². The molecule has 1 fully saturated rings. The Morgan fingerprint density at radius 3 is 2.81 bits per heavy atom. The lowest BCUT2D eigenvalue weighted by Gasteiger charge is -2.36. The van der Waals surface area contributed by atoms with Crippen molar-refractivity contribution in [3.05, 3.63) is 58.9 Å². The lowest BCUT2D eigenvalue weighted by atomic mass is 9.93. The summed E-state index contributed by atoms with van der Waals surface area (Å²) in [5.74, 6) is -2.00. The molecule has 0 radical (unpaired) electrons. The fraction of sp³-hybridized carbons (Fsp3) is 0.316. The maximum atomic E-state index is 12.6. The predicted octanol–water partition coefficient (Wildman–Crippen LogP) is 1.94. The molecule has 0 bridgehead atoms. The number of benzene rings is 1. The van der Waals surface area contributed by atoms with E-state index in [0.717, 1.165) is 5.56 Å². The molecule has 7 nitrogen and oxygen atoms in total. The normalized spacial score (nSPS) is 19.6. The van der Waals surface area contributed by atoms with Crippen LogP contribution in [-0.4, -0.2) is 46.3 Å². The van der Waals surface area contributed by atoms with Crippen molar-refractivity contribution < 1.29 is 19.8 Å². The highest BCUT2D eigenvalue weighted by Gasteiger charge is 2.33. The Bertz CT molecular complexity index is 845. The summed E-state index contributed by atoms with van der Waals surface area (Å²) in [6.45, 7) is 1.09. The second kappa shape index (κ2) is 8.37. The van der Waals surface area contributed by atoms with Gasteiger partial charge in [0.25, 0.3) is 0 Å². The zero-order chi connectivity index (χ0) is 19.4. The van der Waals surface area contributed by atoms with Crippen LogP contribution >= 0.6 is 11.6 Å². The van der Waals surface area contributed by atoms with E-state index in [1.54, 1.807) is 12.1 Å². The van der Waals surface area contributed by atoms with E-state index in [-0.39, 0.29) is 18.1 Å². The number of hydrogen-bond donors (Lipinski definition) is 3. The molecule has 0 aliphatic carbocycles. The van der Waals surface area contributed by atoms with Gasteiger partial charge < -0.3 is 20.4 Å². The zero-order valence-electron chi connectivity index (χ0n) is 14.5. The van der Waals surface area contributed by atoms with Crippen molar-refractivity contribution in [2.75, 3.05) is 18.0 Å². The Hall–Kier alpha value is -2.64. The molecule has 2 atom stereocenters. The fourth-order valence-corrected chi connectivity index (χ4v) is 3.32. The number of aromatic carboxylic acids is 1. The van der Waals surface area contributed by atoms with E-state index in [2.05, 4.69) is 10.3 Å². The first-order chi connectivity index (χ1) is 13.0. The van der Waals surface area contributed by atoms with Crippen LogP contribution in [0.2, 0.25) is 5.02 Å². The third-order valence-corrected chi connectivity index (χ3v) is 5.02. The Balaban J connectivity index is 1.68. The van der Waals surface area contributed by atoms with Gasteiger partial charge in [-0.25, -0.2) is 9.78 Å². The van der Waals surface area contributed by atoms with Crippen LogP contribution in [0.4, 0.5) is 5.69 Å². The van der Waals surface area contributed by atoms with Crippen LogP contribution in [0.15, 0.2) is 42.6 Å². The van der Waals surface area contributed by atoms with E-state index < -0.39 is 18.0 Å². The largest absolute Gasteiger partial charge is 0.477 e. The lowest BCUT2D eigenvalue weighted by molar-refractivity contribution is -0.129. The predicted molar refractivity (Wildman–Crippen MR) is 101 cm³/mol. The third-order valence-electron chi connectivity index (χ3n) is 4.65. The summed E-state index contributed by atoms with van der Waals surface area (Å²) in [6, 6.07) is 10.4. The molecule has 1 saturated heterocycles. The molecule has 0 spiro atoms. The van der Waals surface area contributed by atoms with Crippen LogP contribution in [0.1, 0.15) is 22.5 Å². The summed E-state index contributed by atoms with van der Waals surface area (Å²) in [7, 11) is 0. The number of carbonyl (C=O) groups is 2. The second-order valence-corrected chi connectivity index (χ2v) is 6.83. The fourth-order valence-electron chi connectivity index (χ4n) is 3.12. The molecule has 1 aromatic heterocycles. The van der Waals surface area contributed by atoms with E-state index in [4.69, 9.17) is 16.7 Å². The Labute approximate surface area is 161 Å². The number of nitrogens with one attached hydrogen (secondary N) is 1. The number of amides is 1. The number of nitrogens with zero attached hydrogens (tertiary/aromatic N) is 2. The lowest BCUT2D eigenvalue weighted by Crippen LogP contribution is -2.50. The molecule has 1 amide bonds. The van der Waals surface area contributed by atoms with Crippen LogP contribution in [0, 0.1) is 5.92 Å². The maximum Gasteiger partial charge on any atom is 0.354 e. The Kier molecular flexibility index (Phi) is 5.93. The summed E-state index contributed by atoms with van der Waals surface area (Å²) in [5.41, 5.74) is 1.41. The van der Waals surface area contributed by atoms with Gasteiger partial charge in [0, 0.05) is 36.5 Å². The number of piperidine rings is 1. The molecule has 8 heteroatoms. The van der Waals surface area contributed by atoms with E-state index >= 15 is 0 Å². The Morgan fingerprint density at radius 1 is 1.30 bits per heavy atom. The molecular formula is C19H20ClN3O4. The first-order valence-electron chi connectivity index (χ1n) is 8.59. The first-order valence-corrected chi connectivity index (χ1v) is 8.97. The van der Waals surface area contributed by atoms with Crippen molar-refractivity contribution in [1.82, 2.24) is 10.3 Å². The van der Waals surface area contributed by atoms with Crippen molar-refractivity contribution in [2.45, 2.75) is 19.1 Å². The van der Waals surface area contributed by atoms with Crippen LogP contribution in [0.3, 0.4) is 0 Å². The average molecular weight is 390 g/mol. The van der Waals surface area contributed by atoms with Gasteiger partial charge in [0.1, 0.15) is 5.69 Å². The summed E-state index contributed by atoms with van der Waals surface area (Å²) >= 11 is 6.10. The minimum absolute atomic E-state index is 0.0571. The van der Waals surface area contributed by atoms with Gasteiger partial charge in [-0.3, -0.25) is 4.79 Å².